The molecular weight excluding hydrogens is 502 g/mol. The first-order valence-corrected chi connectivity index (χ1v) is 29.3. The number of hydrogen-bond donors (Lipinski definition) is 0. The van der Waals surface area contributed by atoms with Gasteiger partial charge in [-0.15, -0.1) is 0 Å². The summed E-state index contributed by atoms with van der Waals surface area (Å²) in [4.78, 5) is 0. The van der Waals surface area contributed by atoms with Crippen LogP contribution in [0.1, 0.15) is 5.56 Å². The molecule has 0 spiro atoms. The molecule has 0 N–H and O–H groups in total. The maximum absolute atomic E-state index is 3.67. The van der Waals surface area contributed by atoms with E-state index in [4.69, 9.17) is 0 Å². The van der Waals surface area contributed by atoms with Gasteiger partial charge in [-0.3, -0.25) is 0 Å². The van der Waals surface area contributed by atoms with Gasteiger partial charge in [-0.2, -0.15) is 0 Å². The first-order chi connectivity index (χ1) is 5.08. The third-order valence-electron chi connectivity index (χ3n) is 1.25. The van der Waals surface area contributed by atoms with E-state index in [1.807, 2.05) is 6.07 Å². The van der Waals surface area contributed by atoms with Gasteiger partial charge in [0.2, 0.25) is 0 Å². The van der Waals surface area contributed by atoms with Crippen LogP contribution < -0.4 is 0 Å². The Morgan fingerprint density at radius 1 is 1.00 bits per heavy atom. The standard InChI is InChI=1S/C7H7.3BrH.Hf/c1-7-5-3-2-4-6-7;;;;/h2-6H,1H2;3*1H;/q;;;;+3/p-3. The molecule has 1 rings (SSSR count). The van der Waals surface area contributed by atoms with Crippen LogP contribution in [0.5, 0.6) is 0 Å². The Morgan fingerprint density at radius 3 is 2.00 bits per heavy atom. The zero-order valence-corrected chi connectivity index (χ0v) is 14.1. The average Bonchev–Trinajstić information content (AvgIpc) is 1.85. The molecule has 0 fully saturated rings. The number of halogens is 3. The summed E-state index contributed by atoms with van der Waals surface area (Å²) in [7, 11) is 0. The van der Waals surface area contributed by atoms with Gasteiger partial charge in [0.1, 0.15) is 0 Å². The molecule has 0 radical (unpaired) electrons. The molecule has 0 amide bonds. The quantitative estimate of drug-likeness (QED) is 0.523. The number of hydrogen-bond acceptors (Lipinski definition) is 0. The van der Waals surface area contributed by atoms with Crippen molar-refractivity contribution in [2.45, 2.75) is 4.18 Å². The maximum atomic E-state index is 3.67. The number of rotatable bonds is 2. The summed E-state index contributed by atoms with van der Waals surface area (Å²) in [6.07, 6.45) is 0. The molecule has 0 aliphatic heterocycles. The molecule has 1 aromatic carbocycles. The third-order valence-corrected chi connectivity index (χ3v) is 11.0. The second kappa shape index (κ2) is 4.68. The van der Waals surface area contributed by atoms with Crippen LogP contribution >= 0.6 is 36.9 Å². The second-order valence-electron chi connectivity index (χ2n) is 2.28. The van der Waals surface area contributed by atoms with Gasteiger partial charge in [0.25, 0.3) is 0 Å². The van der Waals surface area contributed by atoms with Gasteiger partial charge >= 0.3 is 89.9 Å². The summed E-state index contributed by atoms with van der Waals surface area (Å²) in [5, 5.41) is 0. The fraction of sp³-hybridized carbons (Fsp3) is 0.143. The molecule has 4 heteroatoms. The average molecular weight is 509 g/mol. The molecule has 0 heterocycles. The minimum absolute atomic E-state index is 1.13. The molecule has 0 saturated carbocycles. The van der Waals surface area contributed by atoms with Gasteiger partial charge in [-0.1, -0.05) is 0 Å². The SMILES string of the molecule is [Br][Hf]([Br])([Br])[CH2]c1ccccc1. The van der Waals surface area contributed by atoms with Crippen molar-refractivity contribution in [2.75, 3.05) is 0 Å². The predicted octanol–water partition coefficient (Wildman–Crippen LogP) is 4.27. The molecule has 0 nitrogen and oxygen atoms in total. The van der Waals surface area contributed by atoms with Crippen molar-refractivity contribution < 1.29 is 13.0 Å². The van der Waals surface area contributed by atoms with Crippen molar-refractivity contribution >= 4 is 36.9 Å². The van der Waals surface area contributed by atoms with Crippen molar-refractivity contribution in [3.8, 4) is 0 Å². The van der Waals surface area contributed by atoms with Crippen molar-refractivity contribution in [2.24, 2.45) is 0 Å². The van der Waals surface area contributed by atoms with E-state index in [2.05, 4.69) is 61.2 Å². The van der Waals surface area contributed by atoms with Gasteiger partial charge in [-0.25, -0.2) is 0 Å². The molecular formula is C7H7Br3Hf. The van der Waals surface area contributed by atoms with Crippen LogP contribution in [0, 0.1) is 0 Å². The molecule has 0 unspecified atom stereocenters. The summed E-state index contributed by atoms with van der Waals surface area (Å²) in [5.74, 6) is 0. The molecule has 11 heavy (non-hydrogen) atoms. The van der Waals surface area contributed by atoms with Gasteiger partial charge in [0.05, 0.1) is 0 Å². The summed E-state index contributed by atoms with van der Waals surface area (Å²) < 4.78 is 1.13. The fourth-order valence-corrected chi connectivity index (χ4v) is 11.3. The van der Waals surface area contributed by atoms with Gasteiger partial charge < -0.3 is 0 Å². The predicted molar refractivity (Wildman–Crippen MR) is 56.9 cm³/mol. The second-order valence-corrected chi connectivity index (χ2v) is 67.3. The Hall–Kier alpha value is 1.53. The van der Waals surface area contributed by atoms with Crippen LogP contribution in [0.15, 0.2) is 30.3 Å². The Bertz CT molecular complexity index is 217. The normalized spacial score (nSPS) is 11.5. The van der Waals surface area contributed by atoms with Crippen molar-refractivity contribution in [3.63, 3.8) is 0 Å². The first kappa shape index (κ1) is 10.6. The summed E-state index contributed by atoms with van der Waals surface area (Å²) >= 11 is 8.77. The zero-order valence-electron chi connectivity index (χ0n) is 5.73. The monoisotopic (exact) mass is 508 g/mol. The molecule has 1 aromatic rings. The van der Waals surface area contributed by atoms with Crippen LogP contribution in [-0.2, 0) is 17.2 Å². The van der Waals surface area contributed by atoms with E-state index in [0.717, 1.165) is 4.18 Å². The van der Waals surface area contributed by atoms with Crippen LogP contribution in [0.3, 0.4) is 0 Å². The summed E-state index contributed by atoms with van der Waals surface area (Å²) in [5.41, 5.74) is 1.39. The molecule has 0 atom stereocenters. The fourth-order valence-electron chi connectivity index (χ4n) is 0.827. The summed E-state index contributed by atoms with van der Waals surface area (Å²) in [6, 6.07) is 10.5. The van der Waals surface area contributed by atoms with Crippen LogP contribution in [0.2, 0.25) is 0 Å². The number of benzene rings is 1. The van der Waals surface area contributed by atoms with Crippen molar-refractivity contribution in [1.82, 2.24) is 0 Å². The van der Waals surface area contributed by atoms with E-state index < -0.39 is 13.0 Å². The minimum atomic E-state index is -2.24. The molecule has 0 aliphatic carbocycles. The Morgan fingerprint density at radius 2 is 1.55 bits per heavy atom. The van der Waals surface area contributed by atoms with Crippen LogP contribution in [0.25, 0.3) is 0 Å². The van der Waals surface area contributed by atoms with Gasteiger partial charge in [0.15, 0.2) is 0 Å². The molecule has 60 valence electrons. The third kappa shape index (κ3) is 4.96. The van der Waals surface area contributed by atoms with Crippen LogP contribution in [0.4, 0.5) is 0 Å². The van der Waals surface area contributed by atoms with E-state index in [1.165, 1.54) is 5.56 Å². The summed E-state index contributed by atoms with van der Waals surface area (Å²) in [6.45, 7) is 0. The van der Waals surface area contributed by atoms with E-state index in [0.29, 0.717) is 0 Å². The molecule has 0 aliphatic rings. The molecule has 0 aromatic heterocycles. The van der Waals surface area contributed by atoms with E-state index in [-0.39, 0.29) is 0 Å². The van der Waals surface area contributed by atoms with Gasteiger partial charge in [-0.05, 0) is 0 Å². The Balaban J connectivity index is 2.66. The Kier molecular flexibility index (Phi) is 4.51. The van der Waals surface area contributed by atoms with E-state index in [1.54, 1.807) is 0 Å². The van der Waals surface area contributed by atoms with E-state index in [9.17, 15) is 0 Å². The topological polar surface area (TPSA) is 0 Å². The Labute approximate surface area is 88.6 Å². The van der Waals surface area contributed by atoms with Crippen molar-refractivity contribution in [1.29, 1.82) is 0 Å². The van der Waals surface area contributed by atoms with E-state index >= 15 is 0 Å². The molecule has 0 bridgehead atoms. The zero-order chi connectivity index (χ0) is 8.32. The van der Waals surface area contributed by atoms with Crippen molar-refractivity contribution in [3.05, 3.63) is 35.9 Å². The van der Waals surface area contributed by atoms with Crippen LogP contribution in [-0.4, -0.2) is 0 Å². The molecule has 0 saturated heterocycles. The van der Waals surface area contributed by atoms with Gasteiger partial charge in [0, 0.05) is 0 Å². The first-order valence-electron chi connectivity index (χ1n) is 3.18.